The summed E-state index contributed by atoms with van der Waals surface area (Å²) in [4.78, 5) is 10.5. The molecule has 0 bridgehead atoms. The van der Waals surface area contributed by atoms with Crippen molar-refractivity contribution in [3.8, 4) is 0 Å². The molecule has 3 N–H and O–H groups in total. The van der Waals surface area contributed by atoms with Crippen molar-refractivity contribution in [3.63, 3.8) is 0 Å². The van der Waals surface area contributed by atoms with Gasteiger partial charge in [-0.05, 0) is 24.6 Å². The number of nitrogens with one attached hydrogen (secondary N) is 1. The maximum atomic E-state index is 5.73. The number of hydrogen-bond donors (Lipinski definition) is 2. The van der Waals surface area contributed by atoms with E-state index >= 15 is 0 Å². The van der Waals surface area contributed by atoms with Gasteiger partial charge in [-0.3, -0.25) is 0 Å². The summed E-state index contributed by atoms with van der Waals surface area (Å²) < 4.78 is 8.00. The molecule has 0 amide bonds. The monoisotopic (exact) mass is 366 g/mol. The highest BCUT2D eigenvalue weighted by Crippen LogP contribution is 2.25. The molecule has 0 spiro atoms. The van der Waals surface area contributed by atoms with E-state index in [0.29, 0.717) is 5.95 Å². The summed E-state index contributed by atoms with van der Waals surface area (Å²) in [7, 11) is 3.89. The first-order chi connectivity index (χ1) is 13.1. The molecular formula is C20H26N6O. The Bertz CT molecular complexity index is 914. The molecule has 7 nitrogen and oxygen atoms in total. The van der Waals surface area contributed by atoms with Crippen LogP contribution in [-0.2, 0) is 18.3 Å². The van der Waals surface area contributed by atoms with Crippen LogP contribution >= 0.6 is 0 Å². The van der Waals surface area contributed by atoms with E-state index in [2.05, 4.69) is 63.0 Å². The molecule has 27 heavy (non-hydrogen) atoms. The molecule has 1 aliphatic rings. The summed E-state index contributed by atoms with van der Waals surface area (Å²) in [5.74, 6) is 1.14. The van der Waals surface area contributed by atoms with Crippen molar-refractivity contribution in [2.24, 2.45) is 7.05 Å². The van der Waals surface area contributed by atoms with Crippen LogP contribution in [0.2, 0.25) is 0 Å². The van der Waals surface area contributed by atoms with E-state index in [1.165, 1.54) is 22.2 Å². The lowest BCUT2D eigenvalue weighted by atomic mass is 10.1. The summed E-state index contributed by atoms with van der Waals surface area (Å²) in [5, 5.41) is 5.00. The Balaban J connectivity index is 1.51. The van der Waals surface area contributed by atoms with Crippen molar-refractivity contribution in [2.45, 2.75) is 25.6 Å². The third-order valence-corrected chi connectivity index (χ3v) is 5.59. The molecule has 1 aliphatic heterocycles. The molecule has 2 atom stereocenters. The van der Waals surface area contributed by atoms with Crippen molar-refractivity contribution in [1.29, 1.82) is 0 Å². The molecule has 0 radical (unpaired) electrons. The lowest BCUT2D eigenvalue weighted by molar-refractivity contribution is 0.0965. The van der Waals surface area contributed by atoms with Crippen LogP contribution in [0.25, 0.3) is 10.9 Å². The highest BCUT2D eigenvalue weighted by Gasteiger charge is 2.33. The number of aryl methyl sites for hydroxylation is 2. The Morgan fingerprint density at radius 1 is 1.26 bits per heavy atom. The summed E-state index contributed by atoms with van der Waals surface area (Å²) in [6, 6.07) is 10.6. The summed E-state index contributed by atoms with van der Waals surface area (Å²) in [6.45, 7) is 4.58. The molecule has 0 saturated carbocycles. The second-order valence-electron chi connectivity index (χ2n) is 7.09. The fraction of sp³-hybridized carbons (Fsp3) is 0.400. The smallest absolute Gasteiger partial charge is 0.221 e. The zero-order valence-corrected chi connectivity index (χ0v) is 16.0. The summed E-state index contributed by atoms with van der Waals surface area (Å²) >= 11 is 0. The molecule has 7 heteroatoms. The topological polar surface area (TPSA) is 81.2 Å². The lowest BCUT2D eigenvalue weighted by Gasteiger charge is -2.19. The van der Waals surface area contributed by atoms with Gasteiger partial charge in [-0.15, -0.1) is 0 Å². The minimum absolute atomic E-state index is 0.0937. The van der Waals surface area contributed by atoms with Gasteiger partial charge in [0.05, 0.1) is 12.1 Å². The van der Waals surface area contributed by atoms with Crippen LogP contribution in [-0.4, -0.2) is 46.9 Å². The molecule has 1 saturated heterocycles. The van der Waals surface area contributed by atoms with Gasteiger partial charge in [0, 0.05) is 56.6 Å². The van der Waals surface area contributed by atoms with E-state index in [0.717, 1.165) is 25.5 Å². The Morgan fingerprint density at radius 2 is 2.07 bits per heavy atom. The first-order valence-electron chi connectivity index (χ1n) is 9.21. The third-order valence-electron chi connectivity index (χ3n) is 5.59. The molecular weight excluding hydrogens is 340 g/mol. The molecule has 0 unspecified atom stereocenters. The van der Waals surface area contributed by atoms with Gasteiger partial charge in [0.25, 0.3) is 0 Å². The average molecular weight is 366 g/mol. The predicted octanol–water partition coefficient (Wildman–Crippen LogP) is 1.85. The number of anilines is 2. The van der Waals surface area contributed by atoms with Crippen LogP contribution in [0.1, 0.15) is 11.3 Å². The van der Waals surface area contributed by atoms with Gasteiger partial charge in [0.1, 0.15) is 5.82 Å². The van der Waals surface area contributed by atoms with Gasteiger partial charge in [-0.2, -0.15) is 4.98 Å². The van der Waals surface area contributed by atoms with Crippen molar-refractivity contribution in [1.82, 2.24) is 19.9 Å². The van der Waals surface area contributed by atoms with Gasteiger partial charge in [0.15, 0.2) is 0 Å². The second-order valence-corrected chi connectivity index (χ2v) is 7.09. The SMILES string of the molecule is CO[C@@H]1CN(c2ccnc(N)n2)C[C@@H]1NCc1c(C)c2ccccc2n1C. The third kappa shape index (κ3) is 3.24. The molecule has 1 fully saturated rings. The van der Waals surface area contributed by atoms with Crippen LogP contribution < -0.4 is 16.0 Å². The molecule has 3 heterocycles. The zero-order chi connectivity index (χ0) is 19.0. The Labute approximate surface area is 159 Å². The minimum atomic E-state index is 0.0937. The number of ether oxygens (including phenoxy) is 1. The van der Waals surface area contributed by atoms with Crippen LogP contribution in [0.3, 0.4) is 0 Å². The Hall–Kier alpha value is -2.64. The Morgan fingerprint density at radius 3 is 2.81 bits per heavy atom. The van der Waals surface area contributed by atoms with Gasteiger partial charge >= 0.3 is 0 Å². The average Bonchev–Trinajstić information content (AvgIpc) is 3.20. The zero-order valence-electron chi connectivity index (χ0n) is 16.0. The van der Waals surface area contributed by atoms with Crippen molar-refractivity contribution in [3.05, 3.63) is 47.8 Å². The number of nitrogen functional groups attached to an aromatic ring is 1. The van der Waals surface area contributed by atoms with Gasteiger partial charge in [-0.1, -0.05) is 18.2 Å². The standard InChI is InChI=1S/C20H26N6O/c1-13-14-6-4-5-7-16(14)25(2)17(13)10-23-15-11-26(12-18(15)27-3)19-8-9-22-20(21)24-19/h4-9,15,18,23H,10-12H2,1-3H3,(H2,21,22,24)/t15-,18+/m0/s1. The van der Waals surface area contributed by atoms with E-state index in [9.17, 15) is 0 Å². The number of nitrogens with zero attached hydrogens (tertiary/aromatic N) is 4. The van der Waals surface area contributed by atoms with E-state index in [1.54, 1.807) is 13.3 Å². The van der Waals surface area contributed by atoms with Crippen molar-refractivity contribution in [2.75, 3.05) is 30.8 Å². The minimum Gasteiger partial charge on any atom is -0.378 e. The van der Waals surface area contributed by atoms with Gasteiger partial charge in [0.2, 0.25) is 5.95 Å². The molecule has 142 valence electrons. The van der Waals surface area contributed by atoms with E-state index in [4.69, 9.17) is 10.5 Å². The summed E-state index contributed by atoms with van der Waals surface area (Å²) in [6.07, 6.45) is 1.79. The molecule has 1 aromatic carbocycles. The highest BCUT2D eigenvalue weighted by atomic mass is 16.5. The molecule has 2 aromatic heterocycles. The number of benzene rings is 1. The first kappa shape index (κ1) is 17.8. The number of rotatable bonds is 5. The number of methoxy groups -OCH3 is 1. The number of aromatic nitrogens is 3. The van der Waals surface area contributed by atoms with Crippen LogP contribution in [0.4, 0.5) is 11.8 Å². The second kappa shape index (κ2) is 7.17. The van der Waals surface area contributed by atoms with Gasteiger partial charge in [-0.25, -0.2) is 4.98 Å². The number of hydrogen-bond acceptors (Lipinski definition) is 6. The van der Waals surface area contributed by atoms with Gasteiger partial charge < -0.3 is 25.3 Å². The van der Waals surface area contributed by atoms with Crippen LogP contribution in [0, 0.1) is 6.92 Å². The molecule has 3 aromatic rings. The van der Waals surface area contributed by atoms with E-state index < -0.39 is 0 Å². The maximum absolute atomic E-state index is 5.73. The number of nitrogens with two attached hydrogens (primary N) is 1. The normalized spacial score (nSPS) is 19.9. The van der Waals surface area contributed by atoms with E-state index in [1.807, 2.05) is 6.07 Å². The number of fused-ring (bicyclic) bond motifs is 1. The van der Waals surface area contributed by atoms with Crippen LogP contribution in [0.15, 0.2) is 36.5 Å². The first-order valence-corrected chi connectivity index (χ1v) is 9.21. The largest absolute Gasteiger partial charge is 0.378 e. The number of para-hydroxylation sites is 1. The van der Waals surface area contributed by atoms with Crippen molar-refractivity contribution >= 4 is 22.7 Å². The highest BCUT2D eigenvalue weighted by molar-refractivity contribution is 5.85. The molecule has 0 aliphatic carbocycles. The van der Waals surface area contributed by atoms with Crippen molar-refractivity contribution < 1.29 is 4.74 Å². The maximum Gasteiger partial charge on any atom is 0.221 e. The summed E-state index contributed by atoms with van der Waals surface area (Å²) in [5.41, 5.74) is 9.63. The fourth-order valence-electron chi connectivity index (χ4n) is 4.05. The fourth-order valence-corrected chi connectivity index (χ4v) is 4.05. The predicted molar refractivity (Wildman–Crippen MR) is 108 cm³/mol. The lowest BCUT2D eigenvalue weighted by Crippen LogP contribution is -2.40. The Kier molecular flexibility index (Phi) is 4.72. The quantitative estimate of drug-likeness (QED) is 0.717. The molecule has 4 rings (SSSR count). The van der Waals surface area contributed by atoms with E-state index in [-0.39, 0.29) is 12.1 Å². The van der Waals surface area contributed by atoms with Crippen LogP contribution in [0.5, 0.6) is 0 Å².